The zero-order valence-corrected chi connectivity index (χ0v) is 18.7. The molecular formula is C20H33FIN5. The van der Waals surface area contributed by atoms with E-state index in [1.165, 1.54) is 12.8 Å². The maximum atomic E-state index is 13.9. The van der Waals surface area contributed by atoms with Crippen LogP contribution in [0.3, 0.4) is 0 Å². The van der Waals surface area contributed by atoms with Crippen LogP contribution in [0.5, 0.6) is 0 Å². The fourth-order valence-electron chi connectivity index (χ4n) is 3.75. The first-order valence-electron chi connectivity index (χ1n) is 10.0. The van der Waals surface area contributed by atoms with Gasteiger partial charge in [0.25, 0.3) is 0 Å². The molecule has 0 aromatic heterocycles. The van der Waals surface area contributed by atoms with E-state index in [1.54, 1.807) is 12.1 Å². The first-order valence-corrected chi connectivity index (χ1v) is 10.0. The zero-order chi connectivity index (χ0) is 18.2. The lowest BCUT2D eigenvalue weighted by Gasteiger charge is -2.36. The Kier molecular flexibility index (Phi) is 9.61. The lowest BCUT2D eigenvalue weighted by atomic mass is 10.2. The third-order valence-corrected chi connectivity index (χ3v) is 5.20. The molecule has 1 aromatic carbocycles. The maximum Gasteiger partial charge on any atom is 0.193 e. The molecule has 152 valence electrons. The lowest BCUT2D eigenvalue weighted by Crippen LogP contribution is -2.47. The predicted octanol–water partition coefficient (Wildman–Crippen LogP) is 3.02. The van der Waals surface area contributed by atoms with E-state index in [1.807, 2.05) is 12.1 Å². The van der Waals surface area contributed by atoms with Gasteiger partial charge in [0, 0.05) is 58.9 Å². The van der Waals surface area contributed by atoms with Crippen LogP contribution in [-0.4, -0.2) is 74.7 Å². The Morgan fingerprint density at radius 1 is 1.07 bits per heavy atom. The first-order chi connectivity index (χ1) is 12.8. The van der Waals surface area contributed by atoms with Gasteiger partial charge in [0.05, 0.1) is 5.69 Å². The molecule has 0 bridgehead atoms. The van der Waals surface area contributed by atoms with Crippen LogP contribution in [0.4, 0.5) is 10.1 Å². The van der Waals surface area contributed by atoms with Gasteiger partial charge < -0.3 is 15.1 Å². The molecule has 5 nitrogen and oxygen atoms in total. The molecule has 7 heteroatoms. The molecule has 2 aliphatic rings. The van der Waals surface area contributed by atoms with E-state index in [2.05, 4.69) is 26.9 Å². The second-order valence-corrected chi connectivity index (χ2v) is 7.06. The van der Waals surface area contributed by atoms with Crippen LogP contribution in [0.15, 0.2) is 29.3 Å². The Labute approximate surface area is 180 Å². The van der Waals surface area contributed by atoms with Gasteiger partial charge in [-0.25, -0.2) is 4.39 Å². The molecule has 0 amide bonds. The van der Waals surface area contributed by atoms with Crippen LogP contribution >= 0.6 is 24.0 Å². The number of hydrogen-bond acceptors (Lipinski definition) is 3. The summed E-state index contributed by atoms with van der Waals surface area (Å²) in [6, 6.07) is 7.08. The fourth-order valence-corrected chi connectivity index (χ4v) is 3.75. The average molecular weight is 489 g/mol. The van der Waals surface area contributed by atoms with Crippen LogP contribution in [0.2, 0.25) is 0 Å². The predicted molar refractivity (Wildman–Crippen MR) is 122 cm³/mol. The summed E-state index contributed by atoms with van der Waals surface area (Å²) in [7, 11) is 0. The highest BCUT2D eigenvalue weighted by molar-refractivity contribution is 14.0. The third-order valence-electron chi connectivity index (χ3n) is 5.20. The summed E-state index contributed by atoms with van der Waals surface area (Å²) in [5.41, 5.74) is 0.734. The van der Waals surface area contributed by atoms with E-state index in [-0.39, 0.29) is 29.8 Å². The van der Waals surface area contributed by atoms with Crippen LogP contribution < -0.4 is 10.2 Å². The molecule has 2 fully saturated rings. The number of anilines is 1. The number of halogens is 2. The third kappa shape index (κ3) is 6.48. The Hall–Kier alpha value is -1.09. The SMILES string of the molecule is CCNC(=NCCCN1CCN(c2ccccc2F)CC1)N1CCCC1.I. The molecule has 0 aliphatic carbocycles. The van der Waals surface area contributed by atoms with Crippen molar-refractivity contribution in [1.82, 2.24) is 15.1 Å². The number of para-hydroxylation sites is 1. The zero-order valence-electron chi connectivity index (χ0n) is 16.4. The van der Waals surface area contributed by atoms with Crippen LogP contribution in [0, 0.1) is 5.82 Å². The summed E-state index contributed by atoms with van der Waals surface area (Å²) >= 11 is 0. The summed E-state index contributed by atoms with van der Waals surface area (Å²) in [5.74, 6) is 0.961. The van der Waals surface area contributed by atoms with Crippen molar-refractivity contribution < 1.29 is 4.39 Å². The van der Waals surface area contributed by atoms with Gasteiger partial charge in [-0.15, -0.1) is 24.0 Å². The minimum absolute atomic E-state index is 0. The van der Waals surface area contributed by atoms with Crippen molar-refractivity contribution in [2.24, 2.45) is 4.99 Å². The van der Waals surface area contributed by atoms with Gasteiger partial charge in [-0.05, 0) is 38.3 Å². The molecule has 0 saturated carbocycles. The van der Waals surface area contributed by atoms with E-state index >= 15 is 0 Å². The van der Waals surface area contributed by atoms with Gasteiger partial charge >= 0.3 is 0 Å². The van der Waals surface area contributed by atoms with E-state index < -0.39 is 0 Å². The van der Waals surface area contributed by atoms with Crippen molar-refractivity contribution in [3.8, 4) is 0 Å². The maximum absolute atomic E-state index is 13.9. The molecule has 0 radical (unpaired) electrons. The van der Waals surface area contributed by atoms with Gasteiger partial charge in [-0.1, -0.05) is 12.1 Å². The Morgan fingerprint density at radius 3 is 2.44 bits per heavy atom. The number of hydrogen-bond donors (Lipinski definition) is 1. The number of nitrogens with zero attached hydrogens (tertiary/aromatic N) is 4. The number of rotatable bonds is 6. The summed E-state index contributed by atoms with van der Waals surface area (Å²) < 4.78 is 13.9. The van der Waals surface area contributed by atoms with Gasteiger partial charge in [-0.2, -0.15) is 0 Å². The highest BCUT2D eigenvalue weighted by atomic mass is 127. The normalized spacial score (nSPS) is 18.5. The number of aliphatic imine (C=N–C) groups is 1. The number of likely N-dealkylation sites (tertiary alicyclic amines) is 1. The monoisotopic (exact) mass is 489 g/mol. The van der Waals surface area contributed by atoms with Crippen molar-refractivity contribution in [3.63, 3.8) is 0 Å². The van der Waals surface area contributed by atoms with Crippen molar-refractivity contribution in [1.29, 1.82) is 0 Å². The Balaban J connectivity index is 0.00000261. The average Bonchev–Trinajstić information content (AvgIpc) is 3.20. The Bertz CT molecular complexity index is 583. The topological polar surface area (TPSA) is 34.1 Å². The molecule has 2 aliphatic heterocycles. The molecule has 2 saturated heterocycles. The van der Waals surface area contributed by atoms with E-state index in [0.717, 1.165) is 77.0 Å². The van der Waals surface area contributed by atoms with E-state index in [9.17, 15) is 4.39 Å². The quantitative estimate of drug-likeness (QED) is 0.289. The fraction of sp³-hybridized carbons (Fsp3) is 0.650. The van der Waals surface area contributed by atoms with Crippen LogP contribution in [0.25, 0.3) is 0 Å². The number of guanidine groups is 1. The van der Waals surface area contributed by atoms with Gasteiger partial charge in [-0.3, -0.25) is 9.89 Å². The molecule has 0 unspecified atom stereocenters. The van der Waals surface area contributed by atoms with Crippen LogP contribution in [0.1, 0.15) is 26.2 Å². The van der Waals surface area contributed by atoms with Gasteiger partial charge in [0.2, 0.25) is 0 Å². The molecule has 0 atom stereocenters. The minimum Gasteiger partial charge on any atom is -0.367 e. The van der Waals surface area contributed by atoms with Crippen molar-refractivity contribution >= 4 is 35.6 Å². The molecule has 1 N–H and O–H groups in total. The number of piperazine rings is 1. The molecule has 27 heavy (non-hydrogen) atoms. The largest absolute Gasteiger partial charge is 0.367 e. The van der Waals surface area contributed by atoms with Crippen molar-refractivity contribution in [3.05, 3.63) is 30.1 Å². The van der Waals surface area contributed by atoms with Gasteiger partial charge in [0.1, 0.15) is 5.82 Å². The second kappa shape index (κ2) is 11.7. The molecule has 2 heterocycles. The van der Waals surface area contributed by atoms with Crippen LogP contribution in [-0.2, 0) is 0 Å². The molecule has 1 aromatic rings. The smallest absolute Gasteiger partial charge is 0.193 e. The van der Waals surface area contributed by atoms with Gasteiger partial charge in [0.15, 0.2) is 5.96 Å². The summed E-state index contributed by atoms with van der Waals surface area (Å²) in [6.45, 7) is 11.0. The molecular weight excluding hydrogens is 456 g/mol. The number of nitrogens with one attached hydrogen (secondary N) is 1. The van der Waals surface area contributed by atoms with E-state index in [4.69, 9.17) is 4.99 Å². The molecule has 3 rings (SSSR count). The highest BCUT2D eigenvalue weighted by Gasteiger charge is 2.19. The highest BCUT2D eigenvalue weighted by Crippen LogP contribution is 2.20. The summed E-state index contributed by atoms with van der Waals surface area (Å²) in [4.78, 5) is 11.8. The van der Waals surface area contributed by atoms with Crippen molar-refractivity contribution in [2.75, 3.05) is 63.8 Å². The number of benzene rings is 1. The lowest BCUT2D eigenvalue weighted by molar-refractivity contribution is 0.255. The summed E-state index contributed by atoms with van der Waals surface area (Å²) in [5, 5.41) is 3.41. The molecule has 0 spiro atoms. The van der Waals surface area contributed by atoms with Crippen molar-refractivity contribution in [2.45, 2.75) is 26.2 Å². The standard InChI is InChI=1S/C20H32FN5.HI/c1-2-22-20(26-12-5-6-13-26)23-10-7-11-24-14-16-25(17-15-24)19-9-4-3-8-18(19)21;/h3-4,8-9H,2,5-7,10-17H2,1H3,(H,22,23);1H. The Morgan fingerprint density at radius 2 is 1.78 bits per heavy atom. The second-order valence-electron chi connectivity index (χ2n) is 7.06. The van der Waals surface area contributed by atoms with E-state index in [0.29, 0.717) is 0 Å². The minimum atomic E-state index is -0.117. The summed E-state index contributed by atoms with van der Waals surface area (Å²) in [6.07, 6.45) is 3.62. The first kappa shape index (κ1) is 22.2.